The van der Waals surface area contributed by atoms with Crippen LogP contribution in [0.3, 0.4) is 0 Å². The average molecular weight is 289 g/mol. The number of hydrogen-bond donors (Lipinski definition) is 1. The predicted molar refractivity (Wildman–Crippen MR) is 81.3 cm³/mol. The molecule has 1 heterocycles. The van der Waals surface area contributed by atoms with Gasteiger partial charge in [0.25, 0.3) is 0 Å². The second kappa shape index (κ2) is 6.39. The van der Waals surface area contributed by atoms with Crippen molar-refractivity contribution in [1.82, 2.24) is 4.90 Å². The van der Waals surface area contributed by atoms with E-state index in [9.17, 15) is 14.7 Å². The minimum Gasteiger partial charge on any atom is -0.479 e. The van der Waals surface area contributed by atoms with Gasteiger partial charge in [-0.3, -0.25) is 4.90 Å². The summed E-state index contributed by atoms with van der Waals surface area (Å²) >= 11 is 0. The molecule has 1 unspecified atom stereocenters. The van der Waals surface area contributed by atoms with Crippen molar-refractivity contribution in [2.24, 2.45) is 0 Å². The summed E-state index contributed by atoms with van der Waals surface area (Å²) in [7, 11) is 0. The molecule has 1 saturated heterocycles. The van der Waals surface area contributed by atoms with Crippen LogP contribution in [0.25, 0.3) is 0 Å². The highest BCUT2D eigenvalue weighted by molar-refractivity contribution is 5.98. The fourth-order valence-corrected chi connectivity index (χ4v) is 3.20. The van der Waals surface area contributed by atoms with Gasteiger partial charge >= 0.3 is 5.97 Å². The van der Waals surface area contributed by atoms with Gasteiger partial charge in [-0.25, -0.2) is 4.79 Å². The van der Waals surface area contributed by atoms with Crippen LogP contribution in [0.2, 0.25) is 0 Å². The van der Waals surface area contributed by atoms with Crippen molar-refractivity contribution in [3.63, 3.8) is 0 Å². The Morgan fingerprint density at radius 3 is 2.38 bits per heavy atom. The van der Waals surface area contributed by atoms with Gasteiger partial charge in [-0.2, -0.15) is 0 Å². The number of hydrogen-bond acceptors (Lipinski definition) is 3. The standard InChI is InChI=1S/C17H23NO3/c1-13(2)14-8-4-5-9-15(14)17(12-19,16(20)21)18-10-6-3-7-11-18/h4-5,8-9,12-13H,3,6-7,10-11H2,1-2H3,(H,20,21). The smallest absolute Gasteiger partial charge is 0.336 e. The Labute approximate surface area is 125 Å². The Hall–Kier alpha value is -1.68. The lowest BCUT2D eigenvalue weighted by Crippen LogP contribution is -2.55. The Bertz CT molecular complexity index is 521. The van der Waals surface area contributed by atoms with E-state index >= 15 is 0 Å². The number of piperidine rings is 1. The monoisotopic (exact) mass is 289 g/mol. The molecule has 114 valence electrons. The van der Waals surface area contributed by atoms with Crippen molar-refractivity contribution in [2.45, 2.75) is 44.6 Å². The van der Waals surface area contributed by atoms with Gasteiger partial charge in [0.05, 0.1) is 0 Å². The first-order valence-electron chi connectivity index (χ1n) is 7.58. The molecule has 0 bridgehead atoms. The summed E-state index contributed by atoms with van der Waals surface area (Å²) in [5.41, 5.74) is -0.0108. The molecule has 1 aromatic rings. The number of nitrogens with zero attached hydrogens (tertiary/aromatic N) is 1. The van der Waals surface area contributed by atoms with E-state index in [0.717, 1.165) is 24.8 Å². The maximum Gasteiger partial charge on any atom is 0.336 e. The zero-order valence-corrected chi connectivity index (χ0v) is 12.7. The van der Waals surface area contributed by atoms with Crippen LogP contribution in [0.4, 0.5) is 0 Å². The number of likely N-dealkylation sites (tertiary alicyclic amines) is 1. The number of aldehydes is 1. The maximum absolute atomic E-state index is 12.1. The molecule has 0 aromatic heterocycles. The van der Waals surface area contributed by atoms with Crippen molar-refractivity contribution in [3.8, 4) is 0 Å². The second-order valence-corrected chi connectivity index (χ2v) is 5.98. The van der Waals surface area contributed by atoms with Gasteiger partial charge in [-0.15, -0.1) is 0 Å². The topological polar surface area (TPSA) is 57.6 Å². The van der Waals surface area contributed by atoms with E-state index in [-0.39, 0.29) is 5.92 Å². The first kappa shape index (κ1) is 15.7. The fourth-order valence-electron chi connectivity index (χ4n) is 3.20. The van der Waals surface area contributed by atoms with Crippen molar-refractivity contribution < 1.29 is 14.7 Å². The third-order valence-electron chi connectivity index (χ3n) is 4.34. The summed E-state index contributed by atoms with van der Waals surface area (Å²) < 4.78 is 0. The molecular formula is C17H23NO3. The molecule has 1 fully saturated rings. The SMILES string of the molecule is CC(C)c1ccccc1C(C=O)(C(=O)O)N1CCCCC1. The number of benzene rings is 1. The third kappa shape index (κ3) is 2.72. The minimum atomic E-state index is -1.55. The third-order valence-corrected chi connectivity index (χ3v) is 4.34. The highest BCUT2D eigenvalue weighted by Crippen LogP contribution is 2.35. The molecule has 0 spiro atoms. The van der Waals surface area contributed by atoms with Crippen LogP contribution in [0.15, 0.2) is 24.3 Å². The summed E-state index contributed by atoms with van der Waals surface area (Å²) in [4.78, 5) is 25.8. The van der Waals surface area contributed by atoms with Crippen molar-refractivity contribution >= 4 is 12.3 Å². The van der Waals surface area contributed by atoms with Gasteiger partial charge in [-0.05, 0) is 43.0 Å². The van der Waals surface area contributed by atoms with Crippen LogP contribution in [0.1, 0.15) is 50.2 Å². The van der Waals surface area contributed by atoms with Gasteiger partial charge in [0, 0.05) is 0 Å². The van der Waals surface area contributed by atoms with Gasteiger partial charge in [0.2, 0.25) is 5.54 Å². The Morgan fingerprint density at radius 1 is 1.24 bits per heavy atom. The van der Waals surface area contributed by atoms with Gasteiger partial charge in [0.15, 0.2) is 6.29 Å². The summed E-state index contributed by atoms with van der Waals surface area (Å²) in [5, 5.41) is 9.86. The summed E-state index contributed by atoms with van der Waals surface area (Å²) in [6.07, 6.45) is 3.58. The normalized spacial score (nSPS) is 19.2. The molecule has 2 rings (SSSR count). The number of carboxylic acids is 1. The molecular weight excluding hydrogens is 266 g/mol. The molecule has 1 aliphatic rings. The van der Waals surface area contributed by atoms with E-state index in [0.29, 0.717) is 24.9 Å². The van der Waals surface area contributed by atoms with E-state index in [1.165, 1.54) is 0 Å². The lowest BCUT2D eigenvalue weighted by atomic mass is 9.81. The quantitative estimate of drug-likeness (QED) is 0.669. The van der Waals surface area contributed by atoms with Crippen molar-refractivity contribution in [2.75, 3.05) is 13.1 Å². The second-order valence-electron chi connectivity index (χ2n) is 5.98. The van der Waals surface area contributed by atoms with Crippen LogP contribution in [0.5, 0.6) is 0 Å². The fraction of sp³-hybridized carbons (Fsp3) is 0.529. The summed E-state index contributed by atoms with van der Waals surface area (Å²) in [5.74, 6) is -0.905. The Kier molecular flexibility index (Phi) is 4.78. The largest absolute Gasteiger partial charge is 0.479 e. The lowest BCUT2D eigenvalue weighted by molar-refractivity contribution is -0.155. The van der Waals surface area contributed by atoms with Gasteiger partial charge in [0.1, 0.15) is 0 Å². The minimum absolute atomic E-state index is 0.171. The highest BCUT2D eigenvalue weighted by atomic mass is 16.4. The average Bonchev–Trinajstić information content (AvgIpc) is 2.49. The molecule has 4 heteroatoms. The van der Waals surface area contributed by atoms with E-state index in [1.54, 1.807) is 6.07 Å². The van der Waals surface area contributed by atoms with E-state index in [4.69, 9.17) is 0 Å². The van der Waals surface area contributed by atoms with E-state index < -0.39 is 11.5 Å². The first-order valence-corrected chi connectivity index (χ1v) is 7.58. The Morgan fingerprint density at radius 2 is 1.86 bits per heavy atom. The number of rotatable bonds is 5. The number of aliphatic carboxylic acids is 1. The summed E-state index contributed by atoms with van der Waals surface area (Å²) in [6.45, 7) is 5.34. The predicted octanol–water partition coefficient (Wildman–Crippen LogP) is 2.77. The number of carboxylic acid groups (broad SMARTS) is 1. The molecule has 4 nitrogen and oxygen atoms in total. The molecule has 0 aliphatic carbocycles. The molecule has 0 radical (unpaired) electrons. The maximum atomic E-state index is 12.1. The molecule has 1 N–H and O–H groups in total. The summed E-state index contributed by atoms with van der Waals surface area (Å²) in [6, 6.07) is 7.41. The van der Waals surface area contributed by atoms with Gasteiger partial charge in [-0.1, -0.05) is 44.5 Å². The molecule has 1 aromatic carbocycles. The van der Waals surface area contributed by atoms with E-state index in [2.05, 4.69) is 0 Å². The first-order chi connectivity index (χ1) is 10.0. The highest BCUT2D eigenvalue weighted by Gasteiger charge is 2.47. The molecule has 21 heavy (non-hydrogen) atoms. The van der Waals surface area contributed by atoms with Crippen LogP contribution in [0, 0.1) is 0 Å². The van der Waals surface area contributed by atoms with Crippen molar-refractivity contribution in [1.29, 1.82) is 0 Å². The van der Waals surface area contributed by atoms with Gasteiger partial charge < -0.3 is 9.90 Å². The van der Waals surface area contributed by atoms with Crippen molar-refractivity contribution in [3.05, 3.63) is 35.4 Å². The molecule has 0 saturated carbocycles. The molecule has 1 atom stereocenters. The molecule has 1 aliphatic heterocycles. The lowest BCUT2D eigenvalue weighted by Gasteiger charge is -2.40. The number of carbonyl (C=O) groups is 2. The molecule has 0 amide bonds. The van der Waals surface area contributed by atoms with Crippen LogP contribution in [-0.2, 0) is 15.1 Å². The zero-order valence-electron chi connectivity index (χ0n) is 12.7. The van der Waals surface area contributed by atoms with Crippen LogP contribution in [-0.4, -0.2) is 35.4 Å². The number of carbonyl (C=O) groups excluding carboxylic acids is 1. The Balaban J connectivity index is 2.60. The van der Waals surface area contributed by atoms with Crippen LogP contribution < -0.4 is 0 Å². The zero-order chi connectivity index (χ0) is 15.5. The van der Waals surface area contributed by atoms with Crippen LogP contribution >= 0.6 is 0 Å². The van der Waals surface area contributed by atoms with E-state index in [1.807, 2.05) is 36.9 Å².